The van der Waals surface area contributed by atoms with Crippen molar-refractivity contribution in [3.63, 3.8) is 0 Å². The highest BCUT2D eigenvalue weighted by Crippen LogP contribution is 2.29. The Labute approximate surface area is 147 Å². The molecule has 1 aromatic heterocycles. The van der Waals surface area contributed by atoms with E-state index in [2.05, 4.69) is 13.8 Å². The van der Waals surface area contributed by atoms with Crippen molar-refractivity contribution in [2.75, 3.05) is 19.7 Å². The number of rotatable bonds is 5. The topological polar surface area (TPSA) is 49.9 Å². The summed E-state index contributed by atoms with van der Waals surface area (Å²) < 4.78 is 5.31. The van der Waals surface area contributed by atoms with Crippen LogP contribution in [0.3, 0.4) is 0 Å². The third-order valence-electron chi connectivity index (χ3n) is 5.36. The number of likely N-dealkylation sites (tertiary alicyclic amines) is 1. The molecule has 2 unspecified atom stereocenters. The fourth-order valence-corrected chi connectivity index (χ4v) is 4.34. The van der Waals surface area contributed by atoms with Crippen molar-refractivity contribution in [1.82, 2.24) is 9.80 Å². The van der Waals surface area contributed by atoms with E-state index in [4.69, 9.17) is 4.74 Å². The zero-order chi connectivity index (χ0) is 17.1. The average molecular weight is 350 g/mol. The predicted octanol–water partition coefficient (Wildman–Crippen LogP) is 3.15. The molecule has 0 aromatic carbocycles. The lowest BCUT2D eigenvalue weighted by molar-refractivity contribution is -0.131. The van der Waals surface area contributed by atoms with Gasteiger partial charge in [-0.15, -0.1) is 11.3 Å². The molecule has 0 bridgehead atoms. The molecule has 0 spiro atoms. The molecular formula is C18H26N2O3S. The number of amides is 2. The number of carbonyl (C=O) groups is 2. The summed E-state index contributed by atoms with van der Waals surface area (Å²) in [6.07, 6.45) is 3.04. The van der Waals surface area contributed by atoms with Crippen LogP contribution in [0.5, 0.6) is 0 Å². The predicted molar refractivity (Wildman–Crippen MR) is 94.1 cm³/mol. The number of piperidine rings is 1. The number of ether oxygens (including phenoxy) is 1. The average Bonchev–Trinajstić information content (AvgIpc) is 3.24. The van der Waals surface area contributed by atoms with Crippen LogP contribution >= 0.6 is 11.3 Å². The minimum atomic E-state index is -0.177. The van der Waals surface area contributed by atoms with Crippen molar-refractivity contribution in [3.8, 4) is 0 Å². The van der Waals surface area contributed by atoms with Crippen molar-refractivity contribution in [2.24, 2.45) is 5.92 Å². The Balaban J connectivity index is 1.56. The third kappa shape index (κ3) is 3.58. The molecular weight excluding hydrogens is 324 g/mol. The maximum Gasteiger partial charge on any atom is 0.410 e. The molecule has 2 aliphatic heterocycles. The molecule has 2 fully saturated rings. The van der Waals surface area contributed by atoms with Crippen LogP contribution < -0.4 is 0 Å². The van der Waals surface area contributed by atoms with Gasteiger partial charge in [0.1, 0.15) is 6.61 Å². The maximum atomic E-state index is 12.4. The van der Waals surface area contributed by atoms with Crippen LogP contribution in [0.25, 0.3) is 0 Å². The zero-order valence-corrected chi connectivity index (χ0v) is 15.3. The van der Waals surface area contributed by atoms with Gasteiger partial charge in [-0.25, -0.2) is 4.79 Å². The van der Waals surface area contributed by atoms with Gasteiger partial charge in [0.05, 0.1) is 12.5 Å². The quantitative estimate of drug-likeness (QED) is 0.820. The molecule has 3 heterocycles. The molecule has 6 heteroatoms. The van der Waals surface area contributed by atoms with Crippen molar-refractivity contribution in [1.29, 1.82) is 0 Å². The summed E-state index contributed by atoms with van der Waals surface area (Å²) in [5.74, 6) is 0.633. The molecule has 2 amide bonds. The Morgan fingerprint density at radius 2 is 2.17 bits per heavy atom. The lowest BCUT2D eigenvalue weighted by Gasteiger charge is -2.39. The van der Waals surface area contributed by atoms with Gasteiger partial charge in [0, 0.05) is 24.0 Å². The van der Waals surface area contributed by atoms with E-state index in [1.807, 2.05) is 27.3 Å². The molecule has 5 nitrogen and oxygen atoms in total. The van der Waals surface area contributed by atoms with Gasteiger partial charge in [-0.2, -0.15) is 0 Å². The van der Waals surface area contributed by atoms with E-state index in [1.54, 1.807) is 11.3 Å². The van der Waals surface area contributed by atoms with Crippen LogP contribution in [-0.4, -0.2) is 53.6 Å². The molecule has 2 saturated heterocycles. The minimum Gasteiger partial charge on any atom is -0.447 e. The summed E-state index contributed by atoms with van der Waals surface area (Å²) in [5, 5.41) is 2.00. The van der Waals surface area contributed by atoms with Crippen molar-refractivity contribution >= 4 is 23.3 Å². The summed E-state index contributed by atoms with van der Waals surface area (Å²) in [5.41, 5.74) is 0. The first-order valence-electron chi connectivity index (χ1n) is 8.85. The highest BCUT2D eigenvalue weighted by atomic mass is 32.1. The lowest BCUT2D eigenvalue weighted by Crippen LogP contribution is -2.51. The number of hydrogen-bond donors (Lipinski definition) is 0. The first-order valence-corrected chi connectivity index (χ1v) is 9.73. The summed E-state index contributed by atoms with van der Waals surface area (Å²) in [7, 11) is 0. The summed E-state index contributed by atoms with van der Waals surface area (Å²) >= 11 is 1.63. The molecule has 0 radical (unpaired) electrons. The highest BCUT2D eigenvalue weighted by molar-refractivity contribution is 7.10. The normalized spacial score (nSPS) is 23.4. The fourth-order valence-electron chi connectivity index (χ4n) is 3.64. The van der Waals surface area contributed by atoms with E-state index in [1.165, 1.54) is 0 Å². The Morgan fingerprint density at radius 3 is 2.79 bits per heavy atom. The van der Waals surface area contributed by atoms with Crippen LogP contribution in [0.15, 0.2) is 17.5 Å². The standard InChI is InChI=1S/C18H26N2O3S/c1-3-13(2)16-12-23-18(22)20(16)14-6-8-19(9-7-14)17(21)11-15-5-4-10-24-15/h4-5,10,13-14,16H,3,6-9,11-12H2,1-2H3. The second-order valence-corrected chi connectivity index (χ2v) is 7.84. The fraction of sp³-hybridized carbons (Fsp3) is 0.667. The molecule has 132 valence electrons. The summed E-state index contributed by atoms with van der Waals surface area (Å²) in [6, 6.07) is 4.37. The van der Waals surface area contributed by atoms with E-state index in [0.717, 1.165) is 37.2 Å². The first-order chi connectivity index (χ1) is 11.6. The summed E-state index contributed by atoms with van der Waals surface area (Å²) in [6.45, 7) is 6.29. The van der Waals surface area contributed by atoms with E-state index in [9.17, 15) is 9.59 Å². The Morgan fingerprint density at radius 1 is 1.42 bits per heavy atom. The van der Waals surface area contributed by atoms with Gasteiger partial charge in [-0.3, -0.25) is 9.69 Å². The van der Waals surface area contributed by atoms with Crippen molar-refractivity contribution < 1.29 is 14.3 Å². The second kappa shape index (κ2) is 7.55. The summed E-state index contributed by atoms with van der Waals surface area (Å²) in [4.78, 5) is 29.6. The molecule has 0 saturated carbocycles. The Bertz CT molecular complexity index is 567. The largest absolute Gasteiger partial charge is 0.447 e. The van der Waals surface area contributed by atoms with Gasteiger partial charge in [0.2, 0.25) is 5.91 Å². The zero-order valence-electron chi connectivity index (χ0n) is 14.4. The number of cyclic esters (lactones) is 1. The molecule has 3 rings (SSSR count). The number of hydrogen-bond acceptors (Lipinski definition) is 4. The highest BCUT2D eigenvalue weighted by Gasteiger charge is 2.41. The maximum absolute atomic E-state index is 12.4. The van der Waals surface area contributed by atoms with Gasteiger partial charge < -0.3 is 9.64 Å². The number of nitrogens with zero attached hydrogens (tertiary/aromatic N) is 2. The molecule has 0 aliphatic carbocycles. The molecule has 2 atom stereocenters. The molecule has 2 aliphatic rings. The molecule has 1 aromatic rings. The van der Waals surface area contributed by atoms with Crippen LogP contribution in [-0.2, 0) is 16.0 Å². The minimum absolute atomic E-state index is 0.177. The van der Waals surface area contributed by atoms with Crippen LogP contribution in [0.1, 0.15) is 38.0 Å². The van der Waals surface area contributed by atoms with Crippen LogP contribution in [0.2, 0.25) is 0 Å². The van der Waals surface area contributed by atoms with E-state index >= 15 is 0 Å². The molecule has 24 heavy (non-hydrogen) atoms. The Hall–Kier alpha value is -1.56. The number of carbonyl (C=O) groups excluding carboxylic acids is 2. The number of thiophene rings is 1. The van der Waals surface area contributed by atoms with Gasteiger partial charge >= 0.3 is 6.09 Å². The first kappa shape index (κ1) is 17.3. The lowest BCUT2D eigenvalue weighted by atomic mass is 9.95. The van der Waals surface area contributed by atoms with Gasteiger partial charge in [-0.05, 0) is 30.2 Å². The Kier molecular flexibility index (Phi) is 5.43. The third-order valence-corrected chi connectivity index (χ3v) is 6.24. The van der Waals surface area contributed by atoms with Crippen LogP contribution in [0, 0.1) is 5.92 Å². The monoisotopic (exact) mass is 350 g/mol. The van der Waals surface area contributed by atoms with Gasteiger partial charge in [-0.1, -0.05) is 26.3 Å². The second-order valence-electron chi connectivity index (χ2n) is 6.81. The molecule has 0 N–H and O–H groups in total. The van der Waals surface area contributed by atoms with Gasteiger partial charge in [0.25, 0.3) is 0 Å². The van der Waals surface area contributed by atoms with Gasteiger partial charge in [0.15, 0.2) is 0 Å². The smallest absolute Gasteiger partial charge is 0.410 e. The SMILES string of the molecule is CCC(C)C1COC(=O)N1C1CCN(C(=O)Cc2cccs2)CC1. The van der Waals surface area contributed by atoms with E-state index in [-0.39, 0.29) is 24.1 Å². The van der Waals surface area contributed by atoms with Crippen molar-refractivity contribution in [3.05, 3.63) is 22.4 Å². The van der Waals surface area contributed by atoms with E-state index in [0.29, 0.717) is 18.9 Å². The van der Waals surface area contributed by atoms with E-state index < -0.39 is 0 Å². The van der Waals surface area contributed by atoms with Crippen molar-refractivity contribution in [2.45, 2.75) is 51.6 Å². The van der Waals surface area contributed by atoms with Crippen LogP contribution in [0.4, 0.5) is 4.79 Å².